The Morgan fingerprint density at radius 2 is 2.46 bits per heavy atom. The Labute approximate surface area is 77.7 Å². The third-order valence-electron chi connectivity index (χ3n) is 2.81. The third-order valence-corrected chi connectivity index (χ3v) is 2.81. The summed E-state index contributed by atoms with van der Waals surface area (Å²) in [5.74, 6) is 0. The number of rotatable bonds is 4. The molecule has 1 aliphatic carbocycles. The highest BCUT2D eigenvalue weighted by Crippen LogP contribution is 2.47. The van der Waals surface area contributed by atoms with E-state index in [0.29, 0.717) is 0 Å². The number of carbonyl (C=O) groups is 1. The zero-order valence-electron chi connectivity index (χ0n) is 7.86. The first-order chi connectivity index (χ1) is 6.24. The average molecular weight is 178 g/mol. The molecule has 0 atom stereocenters. The molecule has 0 bridgehead atoms. The van der Waals surface area contributed by atoms with Gasteiger partial charge in [-0.2, -0.15) is 5.10 Å². The Morgan fingerprint density at radius 1 is 1.69 bits per heavy atom. The monoisotopic (exact) mass is 178 g/mol. The summed E-state index contributed by atoms with van der Waals surface area (Å²) in [4.78, 5) is 10.7. The van der Waals surface area contributed by atoms with Crippen LogP contribution in [0.4, 0.5) is 0 Å². The number of carbonyl (C=O) groups excluding carboxylic acids is 1. The molecule has 1 saturated carbocycles. The van der Waals surface area contributed by atoms with Gasteiger partial charge in [-0.1, -0.05) is 0 Å². The van der Waals surface area contributed by atoms with Crippen molar-refractivity contribution in [2.24, 2.45) is 12.5 Å². The Morgan fingerprint density at radius 3 is 2.92 bits per heavy atom. The first-order valence-electron chi connectivity index (χ1n) is 4.68. The van der Waals surface area contributed by atoms with Crippen LogP contribution in [0.3, 0.4) is 0 Å². The van der Waals surface area contributed by atoms with Gasteiger partial charge >= 0.3 is 0 Å². The summed E-state index contributed by atoms with van der Waals surface area (Å²) in [6, 6.07) is 0. The van der Waals surface area contributed by atoms with Crippen molar-refractivity contribution in [3.8, 4) is 0 Å². The molecule has 0 N–H and O–H groups in total. The van der Waals surface area contributed by atoms with Crippen molar-refractivity contribution >= 4 is 6.29 Å². The number of hydrogen-bond donors (Lipinski definition) is 0. The average Bonchev–Trinajstić information content (AvgIpc) is 2.81. The van der Waals surface area contributed by atoms with Gasteiger partial charge in [0, 0.05) is 18.7 Å². The molecule has 0 spiro atoms. The van der Waals surface area contributed by atoms with Crippen molar-refractivity contribution in [1.82, 2.24) is 9.78 Å². The van der Waals surface area contributed by atoms with Crippen molar-refractivity contribution in [2.75, 3.05) is 0 Å². The summed E-state index contributed by atoms with van der Waals surface area (Å²) in [5.41, 5.74) is 1.27. The van der Waals surface area contributed by atoms with Gasteiger partial charge in [0.2, 0.25) is 0 Å². The van der Waals surface area contributed by atoms with E-state index in [1.54, 1.807) is 4.68 Å². The highest BCUT2D eigenvalue weighted by Gasteiger charge is 2.41. The molecule has 2 rings (SSSR count). The van der Waals surface area contributed by atoms with E-state index >= 15 is 0 Å². The third kappa shape index (κ3) is 1.79. The SMILES string of the molecule is Cn1cc(CCC2(C=O)CC2)cn1. The van der Waals surface area contributed by atoms with E-state index in [1.165, 1.54) is 5.56 Å². The van der Waals surface area contributed by atoms with Gasteiger partial charge in [-0.3, -0.25) is 4.68 Å². The molecule has 0 saturated heterocycles. The quantitative estimate of drug-likeness (QED) is 0.652. The van der Waals surface area contributed by atoms with E-state index in [4.69, 9.17) is 0 Å². The predicted octanol–water partition coefficient (Wildman–Crippen LogP) is 1.33. The number of hydrogen-bond acceptors (Lipinski definition) is 2. The van der Waals surface area contributed by atoms with Crippen molar-refractivity contribution in [3.05, 3.63) is 18.0 Å². The molecule has 0 radical (unpaired) electrons. The second kappa shape index (κ2) is 2.98. The van der Waals surface area contributed by atoms with Gasteiger partial charge in [-0.15, -0.1) is 0 Å². The second-order valence-corrected chi connectivity index (χ2v) is 4.00. The molecule has 1 fully saturated rings. The largest absolute Gasteiger partial charge is 0.303 e. The fourth-order valence-electron chi connectivity index (χ4n) is 1.58. The maximum absolute atomic E-state index is 10.7. The first kappa shape index (κ1) is 8.48. The Bertz CT molecular complexity index is 312. The Balaban J connectivity index is 1.89. The number of nitrogens with zero attached hydrogens (tertiary/aromatic N) is 2. The minimum atomic E-state index is 0.0375. The van der Waals surface area contributed by atoms with Crippen LogP contribution in [0, 0.1) is 5.41 Å². The van der Waals surface area contributed by atoms with Crippen molar-refractivity contribution in [1.29, 1.82) is 0 Å². The zero-order valence-corrected chi connectivity index (χ0v) is 7.86. The van der Waals surface area contributed by atoms with Crippen LogP contribution in [0.5, 0.6) is 0 Å². The molecule has 0 aromatic carbocycles. The molecule has 1 aromatic heterocycles. The van der Waals surface area contributed by atoms with Crippen LogP contribution in [0.15, 0.2) is 12.4 Å². The standard InChI is InChI=1S/C10H14N2O/c1-12-7-9(6-11-12)2-3-10(8-13)4-5-10/h6-8H,2-5H2,1H3. The van der Waals surface area contributed by atoms with Crippen molar-refractivity contribution in [2.45, 2.75) is 25.7 Å². The molecular weight excluding hydrogens is 164 g/mol. The Kier molecular flexibility index (Phi) is 1.94. The lowest BCUT2D eigenvalue weighted by Crippen LogP contribution is -2.02. The fraction of sp³-hybridized carbons (Fsp3) is 0.600. The van der Waals surface area contributed by atoms with E-state index in [9.17, 15) is 4.79 Å². The van der Waals surface area contributed by atoms with Crippen LogP contribution in [-0.2, 0) is 18.3 Å². The topological polar surface area (TPSA) is 34.9 Å². The van der Waals surface area contributed by atoms with Gasteiger partial charge in [0.25, 0.3) is 0 Å². The highest BCUT2D eigenvalue weighted by molar-refractivity contribution is 5.63. The highest BCUT2D eigenvalue weighted by atomic mass is 16.1. The minimum absolute atomic E-state index is 0.0375. The van der Waals surface area contributed by atoms with E-state index in [1.807, 2.05) is 19.4 Å². The maximum Gasteiger partial charge on any atom is 0.126 e. The molecule has 1 aromatic rings. The Hall–Kier alpha value is -1.12. The van der Waals surface area contributed by atoms with Gasteiger partial charge < -0.3 is 4.79 Å². The molecule has 13 heavy (non-hydrogen) atoms. The molecule has 1 aliphatic rings. The predicted molar refractivity (Wildman–Crippen MR) is 49.3 cm³/mol. The van der Waals surface area contributed by atoms with Crippen molar-refractivity contribution < 1.29 is 4.79 Å². The van der Waals surface area contributed by atoms with Crippen LogP contribution in [0.2, 0.25) is 0 Å². The second-order valence-electron chi connectivity index (χ2n) is 4.00. The smallest absolute Gasteiger partial charge is 0.126 e. The van der Waals surface area contributed by atoms with Gasteiger partial charge in [-0.25, -0.2) is 0 Å². The molecule has 70 valence electrons. The fourth-order valence-corrected chi connectivity index (χ4v) is 1.58. The first-order valence-corrected chi connectivity index (χ1v) is 4.68. The molecule has 1 heterocycles. The van der Waals surface area contributed by atoms with Crippen LogP contribution >= 0.6 is 0 Å². The molecule has 3 heteroatoms. The van der Waals surface area contributed by atoms with E-state index < -0.39 is 0 Å². The molecule has 3 nitrogen and oxygen atoms in total. The zero-order chi connectivity index (χ0) is 9.31. The lowest BCUT2D eigenvalue weighted by molar-refractivity contribution is -0.112. The summed E-state index contributed by atoms with van der Waals surface area (Å²) in [6.07, 6.45) is 9.15. The normalized spacial score (nSPS) is 18.5. The summed E-state index contributed by atoms with van der Waals surface area (Å²) in [5, 5.41) is 4.09. The van der Waals surface area contributed by atoms with Crippen molar-refractivity contribution in [3.63, 3.8) is 0 Å². The summed E-state index contributed by atoms with van der Waals surface area (Å²) < 4.78 is 1.80. The van der Waals surface area contributed by atoms with E-state index in [0.717, 1.165) is 32.0 Å². The summed E-state index contributed by atoms with van der Waals surface area (Å²) in [7, 11) is 1.91. The van der Waals surface area contributed by atoms with Gasteiger partial charge in [0.1, 0.15) is 6.29 Å². The lowest BCUT2D eigenvalue weighted by atomic mass is 10.0. The van der Waals surface area contributed by atoms with E-state index in [2.05, 4.69) is 5.10 Å². The minimum Gasteiger partial charge on any atom is -0.303 e. The molecule has 0 amide bonds. The van der Waals surface area contributed by atoms with Crippen LogP contribution < -0.4 is 0 Å². The molecule has 0 aliphatic heterocycles. The number of aromatic nitrogens is 2. The van der Waals surface area contributed by atoms with Crippen LogP contribution in [0.1, 0.15) is 24.8 Å². The number of aldehydes is 1. The van der Waals surface area contributed by atoms with Gasteiger partial charge in [0.15, 0.2) is 0 Å². The van der Waals surface area contributed by atoms with Gasteiger partial charge in [0.05, 0.1) is 6.20 Å². The molecule has 0 unspecified atom stereocenters. The van der Waals surface area contributed by atoms with Crippen LogP contribution in [0.25, 0.3) is 0 Å². The maximum atomic E-state index is 10.7. The number of aryl methyl sites for hydroxylation is 2. The summed E-state index contributed by atoms with van der Waals surface area (Å²) >= 11 is 0. The van der Waals surface area contributed by atoms with E-state index in [-0.39, 0.29) is 5.41 Å². The lowest BCUT2D eigenvalue weighted by Gasteiger charge is -2.03. The molecular formula is C10H14N2O. The van der Waals surface area contributed by atoms with Gasteiger partial charge in [-0.05, 0) is 31.2 Å². The van der Waals surface area contributed by atoms with Crippen LogP contribution in [-0.4, -0.2) is 16.1 Å². The summed E-state index contributed by atoms with van der Waals surface area (Å²) in [6.45, 7) is 0.